The molecule has 34 heavy (non-hydrogen) atoms. The number of piperidine rings is 1. The average molecular weight is 464 g/mol. The Hall–Kier alpha value is -3.58. The van der Waals surface area contributed by atoms with Gasteiger partial charge in [0, 0.05) is 30.9 Å². The summed E-state index contributed by atoms with van der Waals surface area (Å²) >= 11 is 0. The highest BCUT2D eigenvalue weighted by molar-refractivity contribution is 6.04. The number of amides is 2. The van der Waals surface area contributed by atoms with Crippen LogP contribution < -0.4 is 10.6 Å². The quantitative estimate of drug-likeness (QED) is 0.532. The highest BCUT2D eigenvalue weighted by Crippen LogP contribution is 2.20. The van der Waals surface area contributed by atoms with Crippen molar-refractivity contribution in [3.63, 3.8) is 0 Å². The summed E-state index contributed by atoms with van der Waals surface area (Å²) < 4.78 is 26.8. The molecule has 176 valence electrons. The van der Waals surface area contributed by atoms with Crippen LogP contribution in [0.3, 0.4) is 0 Å². The summed E-state index contributed by atoms with van der Waals surface area (Å²) in [5.74, 6) is -1.27. The molecule has 1 atom stereocenters. The Labute approximate surface area is 197 Å². The largest absolute Gasteiger partial charge is 0.352 e. The molecular weight excluding hydrogens is 436 g/mol. The summed E-state index contributed by atoms with van der Waals surface area (Å²) in [5, 5.41) is 5.75. The van der Waals surface area contributed by atoms with Crippen LogP contribution in [0.15, 0.2) is 72.8 Å². The van der Waals surface area contributed by atoms with Crippen LogP contribution in [0.4, 0.5) is 14.5 Å². The smallest absolute Gasteiger partial charge is 0.255 e. The van der Waals surface area contributed by atoms with Crippen molar-refractivity contribution in [1.29, 1.82) is 0 Å². The molecule has 5 nitrogen and oxygen atoms in total. The van der Waals surface area contributed by atoms with E-state index in [-0.39, 0.29) is 23.2 Å². The van der Waals surface area contributed by atoms with Crippen LogP contribution >= 0.6 is 0 Å². The van der Waals surface area contributed by atoms with Gasteiger partial charge in [0.05, 0.1) is 5.92 Å². The lowest BCUT2D eigenvalue weighted by molar-refractivity contribution is -0.126. The number of nitrogens with one attached hydrogen (secondary N) is 2. The molecule has 1 fully saturated rings. The second kappa shape index (κ2) is 11.0. The van der Waals surface area contributed by atoms with Crippen molar-refractivity contribution < 1.29 is 18.4 Å². The Bertz CT molecular complexity index is 1170. The first kappa shape index (κ1) is 23.6. The van der Waals surface area contributed by atoms with Gasteiger partial charge < -0.3 is 10.6 Å². The number of nitrogens with zero attached hydrogens (tertiary/aromatic N) is 1. The molecule has 3 aromatic carbocycles. The third-order valence-electron chi connectivity index (χ3n) is 5.91. The first-order chi connectivity index (χ1) is 16.5. The van der Waals surface area contributed by atoms with Crippen LogP contribution in [0.1, 0.15) is 34.3 Å². The number of hydrogen-bond acceptors (Lipinski definition) is 3. The Morgan fingerprint density at radius 2 is 1.65 bits per heavy atom. The number of halogens is 2. The summed E-state index contributed by atoms with van der Waals surface area (Å²) in [4.78, 5) is 27.3. The maximum absolute atomic E-state index is 13.5. The molecule has 0 aromatic heterocycles. The van der Waals surface area contributed by atoms with Gasteiger partial charge in [0.25, 0.3) is 5.91 Å². The summed E-state index contributed by atoms with van der Waals surface area (Å²) in [7, 11) is 0. The van der Waals surface area contributed by atoms with Gasteiger partial charge in [0.1, 0.15) is 11.6 Å². The van der Waals surface area contributed by atoms with Crippen LogP contribution in [0.25, 0.3) is 0 Å². The molecule has 0 spiro atoms. The van der Waals surface area contributed by atoms with Crippen molar-refractivity contribution >= 4 is 17.5 Å². The van der Waals surface area contributed by atoms with E-state index in [4.69, 9.17) is 0 Å². The average Bonchev–Trinajstić information content (AvgIpc) is 2.83. The van der Waals surface area contributed by atoms with Crippen molar-refractivity contribution in [2.24, 2.45) is 5.92 Å². The zero-order valence-electron chi connectivity index (χ0n) is 18.8. The normalized spacial score (nSPS) is 16.1. The van der Waals surface area contributed by atoms with E-state index in [1.54, 1.807) is 30.3 Å². The number of carbonyl (C=O) groups excluding carboxylic acids is 2. The van der Waals surface area contributed by atoms with Gasteiger partial charge in [-0.15, -0.1) is 0 Å². The van der Waals surface area contributed by atoms with Crippen LogP contribution in [-0.4, -0.2) is 29.8 Å². The third-order valence-corrected chi connectivity index (χ3v) is 5.91. The molecule has 1 aliphatic heterocycles. The molecule has 7 heteroatoms. The van der Waals surface area contributed by atoms with Crippen molar-refractivity contribution in [1.82, 2.24) is 10.2 Å². The van der Waals surface area contributed by atoms with Crippen LogP contribution in [0.5, 0.6) is 0 Å². The summed E-state index contributed by atoms with van der Waals surface area (Å²) in [6, 6.07) is 19.3. The maximum Gasteiger partial charge on any atom is 0.255 e. The molecule has 0 radical (unpaired) electrons. The molecule has 1 aliphatic rings. The number of anilines is 1. The lowest BCUT2D eigenvalue weighted by Gasteiger charge is -2.32. The number of carbonyl (C=O) groups is 2. The van der Waals surface area contributed by atoms with Gasteiger partial charge in [-0.2, -0.15) is 0 Å². The minimum absolute atomic E-state index is 0.0156. The first-order valence-corrected chi connectivity index (χ1v) is 11.4. The predicted molar refractivity (Wildman–Crippen MR) is 127 cm³/mol. The summed E-state index contributed by atoms with van der Waals surface area (Å²) in [5.41, 5.74) is 2.55. The molecule has 4 rings (SSSR count). The van der Waals surface area contributed by atoms with Crippen LogP contribution in [-0.2, 0) is 17.9 Å². The number of rotatable bonds is 7. The van der Waals surface area contributed by atoms with Crippen LogP contribution in [0, 0.1) is 17.6 Å². The Balaban J connectivity index is 1.30. The third kappa shape index (κ3) is 6.48. The van der Waals surface area contributed by atoms with E-state index >= 15 is 0 Å². The fourth-order valence-corrected chi connectivity index (χ4v) is 4.23. The van der Waals surface area contributed by atoms with E-state index in [2.05, 4.69) is 15.5 Å². The monoisotopic (exact) mass is 463 g/mol. The lowest BCUT2D eigenvalue weighted by atomic mass is 9.96. The Morgan fingerprint density at radius 3 is 2.44 bits per heavy atom. The van der Waals surface area contributed by atoms with Gasteiger partial charge in [-0.05, 0) is 73.0 Å². The zero-order valence-corrected chi connectivity index (χ0v) is 18.8. The van der Waals surface area contributed by atoms with Crippen molar-refractivity contribution in [3.8, 4) is 0 Å². The van der Waals surface area contributed by atoms with Gasteiger partial charge in [-0.1, -0.05) is 30.3 Å². The maximum atomic E-state index is 13.5. The molecule has 3 aromatic rings. The SMILES string of the molecule is O=C(Nc1cccc(CNC(=O)C2CCCN(Cc3cccc(F)c3)C2)c1)c1cccc(F)c1. The first-order valence-electron chi connectivity index (χ1n) is 11.4. The molecule has 2 N–H and O–H groups in total. The van der Waals surface area contributed by atoms with Crippen molar-refractivity contribution in [2.75, 3.05) is 18.4 Å². The number of likely N-dealkylation sites (tertiary alicyclic amines) is 1. The van der Waals surface area contributed by atoms with Gasteiger partial charge in [-0.3, -0.25) is 14.5 Å². The summed E-state index contributed by atoms with van der Waals surface area (Å²) in [6.45, 7) is 2.47. The van der Waals surface area contributed by atoms with E-state index in [1.165, 1.54) is 30.3 Å². The van der Waals surface area contributed by atoms with Crippen LogP contribution in [0.2, 0.25) is 0 Å². The molecule has 0 aliphatic carbocycles. The Morgan fingerprint density at radius 1 is 0.912 bits per heavy atom. The molecule has 0 saturated carbocycles. The predicted octanol–water partition coefficient (Wildman–Crippen LogP) is 4.75. The van der Waals surface area contributed by atoms with E-state index in [9.17, 15) is 18.4 Å². The van der Waals surface area contributed by atoms with Crippen molar-refractivity contribution in [3.05, 3.63) is 101 Å². The molecule has 1 heterocycles. The van der Waals surface area contributed by atoms with E-state index in [0.29, 0.717) is 25.3 Å². The molecule has 2 amide bonds. The molecule has 1 saturated heterocycles. The molecular formula is C27H27F2N3O2. The molecule has 1 unspecified atom stereocenters. The van der Waals surface area contributed by atoms with Gasteiger partial charge in [0.15, 0.2) is 0 Å². The second-order valence-corrected chi connectivity index (χ2v) is 8.59. The fraction of sp³-hybridized carbons (Fsp3) is 0.259. The number of benzene rings is 3. The fourth-order valence-electron chi connectivity index (χ4n) is 4.23. The second-order valence-electron chi connectivity index (χ2n) is 8.59. The number of hydrogen-bond donors (Lipinski definition) is 2. The standard InChI is InChI=1S/C27H27F2N3O2/c28-23-9-1-6-20(13-23)17-32-12-4-8-22(18-32)26(33)30-16-19-5-2-11-25(14-19)31-27(34)21-7-3-10-24(29)15-21/h1-3,5-7,9-11,13-15,22H,4,8,12,16-18H2,(H,30,33)(H,31,34). The van der Waals surface area contributed by atoms with Gasteiger partial charge >= 0.3 is 0 Å². The van der Waals surface area contributed by atoms with Gasteiger partial charge in [0.2, 0.25) is 5.91 Å². The van der Waals surface area contributed by atoms with Gasteiger partial charge in [-0.25, -0.2) is 8.78 Å². The summed E-state index contributed by atoms with van der Waals surface area (Å²) in [6.07, 6.45) is 1.73. The lowest BCUT2D eigenvalue weighted by Crippen LogP contribution is -2.42. The topological polar surface area (TPSA) is 61.4 Å². The Kier molecular flexibility index (Phi) is 7.65. The zero-order chi connectivity index (χ0) is 23.9. The minimum atomic E-state index is -0.471. The van der Waals surface area contributed by atoms with E-state index in [1.807, 2.05) is 12.1 Å². The molecule has 0 bridgehead atoms. The highest BCUT2D eigenvalue weighted by atomic mass is 19.1. The van der Waals surface area contributed by atoms with E-state index < -0.39 is 11.7 Å². The van der Waals surface area contributed by atoms with Crippen molar-refractivity contribution in [2.45, 2.75) is 25.9 Å². The van der Waals surface area contributed by atoms with E-state index in [0.717, 1.165) is 30.5 Å². The minimum Gasteiger partial charge on any atom is -0.352 e. The highest BCUT2D eigenvalue weighted by Gasteiger charge is 2.25.